The third-order valence-electron chi connectivity index (χ3n) is 4.80. The van der Waals surface area contributed by atoms with Crippen LogP contribution in [0.4, 0.5) is 0 Å². The second-order valence-corrected chi connectivity index (χ2v) is 12.5. The summed E-state index contributed by atoms with van der Waals surface area (Å²) in [6, 6.07) is 17.0. The fourth-order valence-electron chi connectivity index (χ4n) is 3.54. The maximum absolute atomic E-state index is 6.29. The Labute approximate surface area is 141 Å². The summed E-state index contributed by atoms with van der Waals surface area (Å²) in [5, 5.41) is 3.76. The summed E-state index contributed by atoms with van der Waals surface area (Å²) in [5.41, 5.74) is 3.18. The lowest BCUT2D eigenvalue weighted by Crippen LogP contribution is -2.37. The minimum Gasteiger partial charge on any atom is -0.453 e. The maximum atomic E-state index is 6.29. The number of pyridine rings is 1. The molecule has 118 valence electrons. The fraction of sp³-hybridized carbons (Fsp3) is 0.150. The SMILES string of the molecule is C[Si](C)(C)c1ccc2c(c1)Oc1cccc3c4cccnc4n-2c13. The van der Waals surface area contributed by atoms with Gasteiger partial charge in [-0.05, 0) is 30.3 Å². The number of rotatable bonds is 1. The second kappa shape index (κ2) is 4.48. The van der Waals surface area contributed by atoms with E-state index in [0.717, 1.165) is 28.4 Å². The van der Waals surface area contributed by atoms with Gasteiger partial charge in [0.1, 0.15) is 5.65 Å². The van der Waals surface area contributed by atoms with Crippen LogP contribution in [0.15, 0.2) is 54.7 Å². The van der Waals surface area contributed by atoms with Crippen LogP contribution in [0.3, 0.4) is 0 Å². The Morgan fingerprint density at radius 3 is 2.58 bits per heavy atom. The molecule has 3 heterocycles. The van der Waals surface area contributed by atoms with Crippen molar-refractivity contribution in [1.29, 1.82) is 0 Å². The molecule has 1 aliphatic heterocycles. The van der Waals surface area contributed by atoms with Gasteiger partial charge >= 0.3 is 0 Å². The lowest BCUT2D eigenvalue weighted by atomic mass is 10.1. The largest absolute Gasteiger partial charge is 0.453 e. The predicted octanol–water partition coefficient (Wildman–Crippen LogP) is 4.83. The van der Waals surface area contributed by atoms with E-state index in [-0.39, 0.29) is 0 Å². The summed E-state index contributed by atoms with van der Waals surface area (Å²) in [6.45, 7) is 7.07. The molecule has 5 rings (SSSR count). The molecule has 0 bridgehead atoms. The summed E-state index contributed by atoms with van der Waals surface area (Å²) in [4.78, 5) is 4.65. The molecule has 0 amide bonds. The molecular formula is C20H18N2OSi. The molecule has 0 saturated carbocycles. The third kappa shape index (κ3) is 1.74. The number of benzene rings is 2. The monoisotopic (exact) mass is 330 g/mol. The Balaban J connectivity index is 1.92. The van der Waals surface area contributed by atoms with Crippen LogP contribution in [0.5, 0.6) is 11.5 Å². The Hall–Kier alpha value is -2.59. The molecule has 2 aromatic carbocycles. The molecule has 2 aromatic heterocycles. The summed E-state index contributed by atoms with van der Waals surface area (Å²) in [6.07, 6.45) is 1.86. The topological polar surface area (TPSA) is 27.1 Å². The Morgan fingerprint density at radius 2 is 1.75 bits per heavy atom. The van der Waals surface area contributed by atoms with Crippen molar-refractivity contribution >= 4 is 35.2 Å². The number of ether oxygens (including phenoxy) is 1. The number of hydrogen-bond donors (Lipinski definition) is 0. The van der Waals surface area contributed by atoms with E-state index < -0.39 is 8.07 Å². The normalized spacial score (nSPS) is 13.1. The molecule has 0 N–H and O–H groups in total. The molecule has 0 atom stereocenters. The van der Waals surface area contributed by atoms with Crippen molar-refractivity contribution in [3.63, 3.8) is 0 Å². The van der Waals surface area contributed by atoms with Crippen LogP contribution in [0, 0.1) is 0 Å². The highest BCUT2D eigenvalue weighted by atomic mass is 28.3. The molecule has 0 radical (unpaired) electrons. The van der Waals surface area contributed by atoms with Gasteiger partial charge in [0.05, 0.1) is 19.3 Å². The molecule has 3 nitrogen and oxygen atoms in total. The zero-order valence-electron chi connectivity index (χ0n) is 14.0. The summed E-state index contributed by atoms with van der Waals surface area (Å²) in [7, 11) is -1.39. The first-order chi connectivity index (χ1) is 11.5. The van der Waals surface area contributed by atoms with E-state index in [1.165, 1.54) is 16.0 Å². The van der Waals surface area contributed by atoms with Gasteiger partial charge in [0.25, 0.3) is 0 Å². The molecule has 4 heteroatoms. The van der Waals surface area contributed by atoms with E-state index in [2.05, 4.69) is 65.6 Å². The summed E-state index contributed by atoms with van der Waals surface area (Å²) in [5.74, 6) is 1.84. The van der Waals surface area contributed by atoms with Gasteiger partial charge in [0.15, 0.2) is 11.5 Å². The van der Waals surface area contributed by atoms with Gasteiger partial charge < -0.3 is 4.74 Å². The van der Waals surface area contributed by atoms with Crippen molar-refractivity contribution in [2.45, 2.75) is 19.6 Å². The summed E-state index contributed by atoms with van der Waals surface area (Å²) < 4.78 is 8.53. The third-order valence-corrected chi connectivity index (χ3v) is 6.84. The van der Waals surface area contributed by atoms with Crippen LogP contribution < -0.4 is 9.92 Å². The number of hydrogen-bond acceptors (Lipinski definition) is 2. The Bertz CT molecular complexity index is 1120. The van der Waals surface area contributed by atoms with Crippen molar-refractivity contribution in [2.24, 2.45) is 0 Å². The van der Waals surface area contributed by atoms with E-state index in [1.54, 1.807) is 0 Å². The first kappa shape index (κ1) is 13.8. The molecule has 1 aliphatic rings. The number of fused-ring (bicyclic) bond motifs is 5. The van der Waals surface area contributed by atoms with Crippen molar-refractivity contribution in [1.82, 2.24) is 9.55 Å². The number of para-hydroxylation sites is 1. The van der Waals surface area contributed by atoms with Gasteiger partial charge in [-0.25, -0.2) is 4.98 Å². The Morgan fingerprint density at radius 1 is 0.917 bits per heavy atom. The standard InChI is InChI=1S/C20H18N2OSi/c1-24(2,3)13-9-10-16-18(12-13)23-17-8-4-6-14-15-7-5-11-21-20(15)22(16)19(14)17/h4-12H,1-3H3. The molecule has 4 aromatic rings. The van der Waals surface area contributed by atoms with Gasteiger partial charge in [-0.1, -0.05) is 43.0 Å². The van der Waals surface area contributed by atoms with Crippen molar-refractivity contribution in [2.75, 3.05) is 0 Å². The minimum atomic E-state index is -1.39. The van der Waals surface area contributed by atoms with Crippen LogP contribution in [0.2, 0.25) is 19.6 Å². The summed E-state index contributed by atoms with van der Waals surface area (Å²) >= 11 is 0. The smallest absolute Gasteiger partial charge is 0.152 e. The molecular weight excluding hydrogens is 312 g/mol. The molecule has 0 aliphatic carbocycles. The molecule has 0 saturated heterocycles. The average molecular weight is 330 g/mol. The van der Waals surface area contributed by atoms with Gasteiger partial charge in [0.2, 0.25) is 0 Å². The fourth-order valence-corrected chi connectivity index (χ4v) is 4.69. The van der Waals surface area contributed by atoms with Crippen LogP contribution in [0.1, 0.15) is 0 Å². The zero-order valence-corrected chi connectivity index (χ0v) is 15.0. The van der Waals surface area contributed by atoms with Crippen LogP contribution in [-0.4, -0.2) is 17.6 Å². The first-order valence-corrected chi connectivity index (χ1v) is 11.7. The van der Waals surface area contributed by atoms with E-state index in [1.807, 2.05) is 18.3 Å². The average Bonchev–Trinajstić information content (AvgIpc) is 2.91. The quantitative estimate of drug-likeness (QED) is 0.412. The van der Waals surface area contributed by atoms with Crippen LogP contribution in [-0.2, 0) is 0 Å². The van der Waals surface area contributed by atoms with E-state index >= 15 is 0 Å². The Kier molecular flexibility index (Phi) is 2.58. The second-order valence-electron chi connectivity index (χ2n) is 7.40. The van der Waals surface area contributed by atoms with E-state index in [0.29, 0.717) is 0 Å². The molecule has 0 unspecified atom stereocenters. The van der Waals surface area contributed by atoms with Gasteiger partial charge in [-0.15, -0.1) is 0 Å². The highest BCUT2D eigenvalue weighted by Crippen LogP contribution is 2.44. The molecule has 0 spiro atoms. The van der Waals surface area contributed by atoms with E-state index in [4.69, 9.17) is 4.74 Å². The predicted molar refractivity (Wildman–Crippen MR) is 102 cm³/mol. The maximum Gasteiger partial charge on any atom is 0.152 e. The number of nitrogens with zero attached hydrogens (tertiary/aromatic N) is 2. The van der Waals surface area contributed by atoms with Crippen molar-refractivity contribution in [3.8, 4) is 17.2 Å². The lowest BCUT2D eigenvalue weighted by molar-refractivity contribution is 0.476. The van der Waals surface area contributed by atoms with E-state index in [9.17, 15) is 0 Å². The zero-order chi connectivity index (χ0) is 16.5. The van der Waals surface area contributed by atoms with Crippen LogP contribution in [0.25, 0.3) is 27.6 Å². The van der Waals surface area contributed by atoms with Crippen molar-refractivity contribution < 1.29 is 4.74 Å². The minimum absolute atomic E-state index is 0.908. The van der Waals surface area contributed by atoms with Gasteiger partial charge in [0, 0.05) is 17.0 Å². The number of aromatic nitrogens is 2. The molecule has 0 fully saturated rings. The first-order valence-electron chi connectivity index (χ1n) is 8.25. The highest BCUT2D eigenvalue weighted by Gasteiger charge is 2.26. The van der Waals surface area contributed by atoms with Gasteiger partial charge in [-0.3, -0.25) is 4.57 Å². The van der Waals surface area contributed by atoms with Gasteiger partial charge in [-0.2, -0.15) is 0 Å². The molecule has 24 heavy (non-hydrogen) atoms. The van der Waals surface area contributed by atoms with Crippen molar-refractivity contribution in [3.05, 3.63) is 54.7 Å². The van der Waals surface area contributed by atoms with Crippen LogP contribution >= 0.6 is 0 Å². The highest BCUT2D eigenvalue weighted by molar-refractivity contribution is 6.88. The lowest BCUT2D eigenvalue weighted by Gasteiger charge is -2.24.